The molecule has 1 aliphatic heterocycles. The smallest absolute Gasteiger partial charge is 0.335 e. The van der Waals surface area contributed by atoms with Crippen LogP contribution in [0, 0.1) is 0 Å². The van der Waals surface area contributed by atoms with Crippen molar-refractivity contribution in [2.45, 2.75) is 340 Å². The lowest BCUT2D eigenvalue weighted by Gasteiger charge is -2.40. The van der Waals surface area contributed by atoms with E-state index in [4.69, 9.17) is 23.7 Å². The van der Waals surface area contributed by atoms with Crippen LogP contribution in [0.15, 0.2) is 48.6 Å². The third kappa shape index (κ3) is 45.0. The highest BCUT2D eigenvalue weighted by Gasteiger charge is 2.50. The van der Waals surface area contributed by atoms with Crippen molar-refractivity contribution in [1.29, 1.82) is 0 Å². The van der Waals surface area contributed by atoms with Crippen molar-refractivity contribution >= 4 is 23.9 Å². The van der Waals surface area contributed by atoms with Gasteiger partial charge in [-0.2, -0.15) is 0 Å². The molecule has 1 heterocycles. The van der Waals surface area contributed by atoms with E-state index >= 15 is 0 Å². The molecule has 6 atom stereocenters. The van der Waals surface area contributed by atoms with Crippen LogP contribution < -0.4 is 0 Å². The molecule has 1 rings (SSSR count). The summed E-state index contributed by atoms with van der Waals surface area (Å²) < 4.78 is 28.5. The Hall–Kier alpha value is -3.32. The Morgan fingerprint density at radius 3 is 1.16 bits per heavy atom. The third-order valence-electron chi connectivity index (χ3n) is 14.9. The Kier molecular flexibility index (Phi) is 51.5. The average Bonchev–Trinajstić information content (AvgIpc) is 3.46. The fraction of sp³-hybridized carbons (Fsp3) is 0.821. The van der Waals surface area contributed by atoms with Crippen molar-refractivity contribution in [3.8, 4) is 0 Å². The molecule has 0 amide bonds. The molecule has 12 heteroatoms. The van der Waals surface area contributed by atoms with Gasteiger partial charge in [-0.15, -0.1) is 0 Å². The van der Waals surface area contributed by atoms with Crippen LogP contribution in [0.3, 0.4) is 0 Å². The first-order valence-electron chi connectivity index (χ1n) is 32.6. The number of aliphatic hydroxyl groups excluding tert-OH is 2. The normalized spacial score (nSPS) is 18.1. The van der Waals surface area contributed by atoms with Crippen LogP contribution in [-0.4, -0.2) is 89.2 Å². The Labute approximate surface area is 482 Å². The number of rotatable bonds is 56. The molecule has 458 valence electrons. The van der Waals surface area contributed by atoms with Crippen molar-refractivity contribution in [3.63, 3.8) is 0 Å². The van der Waals surface area contributed by atoms with Gasteiger partial charge in [-0.1, -0.05) is 249 Å². The molecule has 12 nitrogen and oxygen atoms in total. The van der Waals surface area contributed by atoms with Crippen LogP contribution in [0.1, 0.15) is 303 Å². The van der Waals surface area contributed by atoms with Gasteiger partial charge in [0.25, 0.3) is 0 Å². The van der Waals surface area contributed by atoms with Crippen LogP contribution in [-0.2, 0) is 42.9 Å². The number of hydrogen-bond acceptors (Lipinski definition) is 11. The molecule has 0 spiro atoms. The van der Waals surface area contributed by atoms with Crippen LogP contribution in [0.4, 0.5) is 0 Å². The maximum Gasteiger partial charge on any atom is 0.335 e. The van der Waals surface area contributed by atoms with E-state index in [1.165, 1.54) is 135 Å². The molecule has 0 aromatic carbocycles. The van der Waals surface area contributed by atoms with Gasteiger partial charge in [0.15, 0.2) is 24.6 Å². The number of aliphatic carboxylic acids is 1. The van der Waals surface area contributed by atoms with Gasteiger partial charge in [-0.05, 0) is 83.5 Å². The molecule has 79 heavy (non-hydrogen) atoms. The van der Waals surface area contributed by atoms with E-state index < -0.39 is 67.3 Å². The standard InChI is InChI=1S/C67H118O12/c1-4-7-10-13-16-19-22-25-28-29-30-31-34-35-38-41-44-47-50-53-59(68)75-56-58(77-60(69)54-51-48-45-42-39-36-32-26-23-20-17-14-11-8-5-2)57-76-67-65(63(72)62(71)64(79-67)66(73)74)78-61(70)55-52-49-46-43-40-37-33-27-24-21-18-15-12-9-6-3/h17-18,20-21,26-27,32-33,58,62-65,67,71-72H,4-16,19,22-25,28-31,34-57H2,1-3H3,(H,73,74)/b20-17-,21-18-,32-26-,33-27-. The number of hydrogen-bond donors (Lipinski definition) is 3. The molecule has 0 bridgehead atoms. The number of allylic oxidation sites excluding steroid dienone is 8. The van der Waals surface area contributed by atoms with E-state index in [1.54, 1.807) is 0 Å². The fourth-order valence-electron chi connectivity index (χ4n) is 9.84. The molecular weight excluding hydrogens is 997 g/mol. The molecule has 0 saturated carbocycles. The minimum atomic E-state index is -1.91. The summed E-state index contributed by atoms with van der Waals surface area (Å²) in [6.07, 6.45) is 55.0. The maximum atomic E-state index is 13.2. The van der Waals surface area contributed by atoms with Crippen molar-refractivity contribution in [2.75, 3.05) is 13.2 Å². The molecular formula is C67H118O12. The van der Waals surface area contributed by atoms with Gasteiger partial charge >= 0.3 is 23.9 Å². The minimum absolute atomic E-state index is 0.0444. The van der Waals surface area contributed by atoms with Crippen molar-refractivity contribution in [3.05, 3.63) is 48.6 Å². The first-order chi connectivity index (χ1) is 38.6. The van der Waals surface area contributed by atoms with Gasteiger partial charge in [0, 0.05) is 19.3 Å². The number of carbonyl (C=O) groups excluding carboxylic acids is 3. The summed E-state index contributed by atoms with van der Waals surface area (Å²) in [6.45, 7) is 5.97. The Balaban J connectivity index is 2.65. The second-order valence-electron chi connectivity index (χ2n) is 22.4. The molecule has 1 saturated heterocycles. The zero-order valence-corrected chi connectivity index (χ0v) is 50.6. The van der Waals surface area contributed by atoms with Crippen LogP contribution >= 0.6 is 0 Å². The summed E-state index contributed by atoms with van der Waals surface area (Å²) in [6, 6.07) is 0. The quantitative estimate of drug-likeness (QED) is 0.0228. The summed E-state index contributed by atoms with van der Waals surface area (Å²) in [5.74, 6) is -3.13. The maximum absolute atomic E-state index is 13.2. The van der Waals surface area contributed by atoms with Crippen LogP contribution in [0.5, 0.6) is 0 Å². The molecule has 0 aliphatic carbocycles. The van der Waals surface area contributed by atoms with E-state index in [-0.39, 0.29) is 25.9 Å². The van der Waals surface area contributed by atoms with Crippen molar-refractivity contribution in [1.82, 2.24) is 0 Å². The molecule has 3 N–H and O–H groups in total. The summed E-state index contributed by atoms with van der Waals surface area (Å²) in [7, 11) is 0. The number of esters is 3. The summed E-state index contributed by atoms with van der Waals surface area (Å²) in [5.41, 5.74) is 0. The first kappa shape index (κ1) is 73.7. The van der Waals surface area contributed by atoms with Gasteiger partial charge < -0.3 is 39.0 Å². The lowest BCUT2D eigenvalue weighted by Crippen LogP contribution is -2.61. The second-order valence-corrected chi connectivity index (χ2v) is 22.4. The zero-order chi connectivity index (χ0) is 57.5. The number of ether oxygens (including phenoxy) is 5. The molecule has 0 radical (unpaired) electrons. The largest absolute Gasteiger partial charge is 0.479 e. The van der Waals surface area contributed by atoms with E-state index in [9.17, 15) is 34.5 Å². The molecule has 0 aromatic heterocycles. The molecule has 0 aromatic rings. The second kappa shape index (κ2) is 55.2. The van der Waals surface area contributed by atoms with Gasteiger partial charge in [0.05, 0.1) is 6.61 Å². The van der Waals surface area contributed by atoms with E-state index in [0.717, 1.165) is 109 Å². The lowest BCUT2D eigenvalue weighted by atomic mass is 9.98. The highest BCUT2D eigenvalue weighted by atomic mass is 16.7. The van der Waals surface area contributed by atoms with Gasteiger partial charge in [-0.3, -0.25) is 14.4 Å². The van der Waals surface area contributed by atoms with E-state index in [0.29, 0.717) is 19.3 Å². The Bertz CT molecular complexity index is 1560. The third-order valence-corrected chi connectivity index (χ3v) is 14.9. The number of unbranched alkanes of at least 4 members (excludes halogenated alkanes) is 34. The summed E-state index contributed by atoms with van der Waals surface area (Å²) in [5, 5.41) is 31.6. The topological polar surface area (TPSA) is 175 Å². The number of carbonyl (C=O) groups is 4. The zero-order valence-electron chi connectivity index (χ0n) is 50.6. The Morgan fingerprint density at radius 1 is 0.418 bits per heavy atom. The van der Waals surface area contributed by atoms with Gasteiger partial charge in [0.2, 0.25) is 0 Å². The number of aliphatic hydroxyl groups is 2. The van der Waals surface area contributed by atoms with Crippen molar-refractivity contribution in [2.24, 2.45) is 0 Å². The fourth-order valence-corrected chi connectivity index (χ4v) is 9.84. The van der Waals surface area contributed by atoms with Crippen LogP contribution in [0.25, 0.3) is 0 Å². The monoisotopic (exact) mass is 1110 g/mol. The van der Waals surface area contributed by atoms with E-state index in [1.807, 2.05) is 0 Å². The predicted molar refractivity (Wildman–Crippen MR) is 322 cm³/mol. The summed E-state index contributed by atoms with van der Waals surface area (Å²) >= 11 is 0. The highest BCUT2D eigenvalue weighted by Crippen LogP contribution is 2.27. The lowest BCUT2D eigenvalue weighted by molar-refractivity contribution is -0.301. The van der Waals surface area contributed by atoms with E-state index in [2.05, 4.69) is 69.4 Å². The van der Waals surface area contributed by atoms with Crippen LogP contribution in [0.2, 0.25) is 0 Å². The molecule has 1 aliphatic rings. The van der Waals surface area contributed by atoms with Crippen molar-refractivity contribution < 1.29 is 58.2 Å². The number of carboxylic acid groups (broad SMARTS) is 1. The first-order valence-corrected chi connectivity index (χ1v) is 32.6. The minimum Gasteiger partial charge on any atom is -0.479 e. The summed E-state index contributed by atoms with van der Waals surface area (Å²) in [4.78, 5) is 51.3. The molecule has 6 unspecified atom stereocenters. The SMILES string of the molecule is CCCCC/C=C\C/C=C\CCCCCCCC(=O)OC(COC(=O)CCCCCCCCCCCCCCCCCCCCC)COC1OC(C(=O)O)C(O)C(O)C1OC(=O)CCCCCCC/C=C\C/C=C\CCCCC. The highest BCUT2D eigenvalue weighted by molar-refractivity contribution is 5.74. The van der Waals surface area contributed by atoms with Gasteiger partial charge in [-0.25, -0.2) is 4.79 Å². The van der Waals surface area contributed by atoms with Gasteiger partial charge in [0.1, 0.15) is 18.8 Å². The molecule has 1 fully saturated rings. The average molecular weight is 1120 g/mol. The number of carboxylic acids is 1. The Morgan fingerprint density at radius 2 is 0.759 bits per heavy atom. The predicted octanol–water partition coefficient (Wildman–Crippen LogP) is 17.3.